The van der Waals surface area contributed by atoms with E-state index in [0.717, 1.165) is 68.3 Å². The zero-order chi connectivity index (χ0) is 45.5. The molecule has 344 valence electrons. The second kappa shape index (κ2) is 18.4. The van der Waals surface area contributed by atoms with Crippen molar-refractivity contribution in [2.45, 2.75) is 89.7 Å². The van der Waals surface area contributed by atoms with Crippen LogP contribution in [0, 0.1) is 17.8 Å². The first-order valence-electron chi connectivity index (χ1n) is 22.6. The third-order valence-corrected chi connectivity index (χ3v) is 13.8. The highest BCUT2D eigenvalue weighted by Crippen LogP contribution is 2.44. The van der Waals surface area contributed by atoms with Crippen molar-refractivity contribution in [1.29, 1.82) is 0 Å². The van der Waals surface area contributed by atoms with Gasteiger partial charge in [-0.1, -0.05) is 32.0 Å². The van der Waals surface area contributed by atoms with Gasteiger partial charge >= 0.3 is 12.2 Å². The first-order valence-corrected chi connectivity index (χ1v) is 22.6. The second-order valence-corrected chi connectivity index (χ2v) is 18.2. The molecule has 5 aromatic rings. The van der Waals surface area contributed by atoms with Crippen LogP contribution in [0.5, 0.6) is 5.75 Å². The number of nitrogens with zero attached hydrogens (tertiary/aromatic N) is 4. The van der Waals surface area contributed by atoms with E-state index < -0.39 is 24.3 Å². The molecule has 0 radical (unpaired) electrons. The SMILES string of the molecule is COCC1CC(c2nc3c(ccc4cc5c(cc43)OCc3cc(-c4cnc(C6CCC(C)N6C(=O)C(NC(=O)OC)C(C)C)[nH]4)ccc3-5)[nH]2)N(C(=O)C(NC(=O)OC)C2CCOCC2)C1. The summed E-state index contributed by atoms with van der Waals surface area (Å²) in [6, 6.07) is 12.5. The van der Waals surface area contributed by atoms with Crippen LogP contribution in [0.4, 0.5) is 9.59 Å². The van der Waals surface area contributed by atoms with Crippen LogP contribution in [-0.4, -0.2) is 120 Å². The Labute approximate surface area is 377 Å². The number of H-pyrrole nitrogens is 2. The van der Waals surface area contributed by atoms with Crippen LogP contribution in [0.1, 0.15) is 82.2 Å². The van der Waals surface area contributed by atoms with E-state index >= 15 is 0 Å². The average molecular weight is 891 g/mol. The maximum atomic E-state index is 14.5. The molecule has 4 aliphatic rings. The van der Waals surface area contributed by atoms with Crippen molar-refractivity contribution in [3.8, 4) is 28.1 Å². The molecule has 4 aliphatic heterocycles. The first-order chi connectivity index (χ1) is 31.5. The lowest BCUT2D eigenvalue weighted by Crippen LogP contribution is -2.53. The minimum atomic E-state index is -0.758. The number of carbonyl (C=O) groups excluding carboxylic acids is 4. The Kier molecular flexibility index (Phi) is 12.4. The second-order valence-electron chi connectivity index (χ2n) is 18.2. The number of carbonyl (C=O) groups is 4. The zero-order valence-corrected chi connectivity index (χ0v) is 37.8. The fourth-order valence-corrected chi connectivity index (χ4v) is 10.3. The number of methoxy groups -OCH3 is 3. The first kappa shape index (κ1) is 44.0. The molecule has 3 fully saturated rings. The topological polar surface area (TPSA) is 202 Å². The van der Waals surface area contributed by atoms with Crippen molar-refractivity contribution < 1.29 is 42.9 Å². The van der Waals surface area contributed by atoms with E-state index in [9.17, 15) is 19.2 Å². The van der Waals surface area contributed by atoms with E-state index in [4.69, 9.17) is 33.7 Å². The molecule has 0 bridgehead atoms. The number of nitrogens with one attached hydrogen (secondary N) is 4. The van der Waals surface area contributed by atoms with Gasteiger partial charge in [0.1, 0.15) is 36.1 Å². The number of rotatable bonds is 11. The minimum absolute atomic E-state index is 0.0225. The van der Waals surface area contributed by atoms with Gasteiger partial charge in [-0.25, -0.2) is 19.6 Å². The van der Waals surface area contributed by atoms with Gasteiger partial charge in [0.05, 0.1) is 55.8 Å². The van der Waals surface area contributed by atoms with Gasteiger partial charge in [0.15, 0.2) is 0 Å². The molecule has 3 aromatic carbocycles. The third kappa shape index (κ3) is 8.47. The Balaban J connectivity index is 0.973. The standard InChI is InChI=1S/C48H58N8O9/c1-25(2)40(53-47(59)62-5)46(58)56-26(3)7-12-37(56)43-49-21-36(51-43)30-8-10-32-31(18-30)24-65-39-20-33-29(19-34(32)39)9-11-35-42(33)52-44(50-35)38-17-27(23-61-4)22-55(38)45(57)41(54-48(60)63-6)28-13-15-64-16-14-28/h8-11,18-21,25-28,37-38,40-41H,7,12-17,22-24H2,1-6H3,(H,49,51)(H,50,52)(H,53,59)(H,54,60). The Morgan fingerprint density at radius 1 is 0.877 bits per heavy atom. The highest BCUT2D eigenvalue weighted by Gasteiger charge is 2.44. The van der Waals surface area contributed by atoms with Crippen molar-refractivity contribution >= 4 is 45.8 Å². The predicted octanol–water partition coefficient (Wildman–Crippen LogP) is 6.79. The van der Waals surface area contributed by atoms with Gasteiger partial charge < -0.3 is 54.1 Å². The number of hydrogen-bond donors (Lipinski definition) is 4. The van der Waals surface area contributed by atoms with Crippen molar-refractivity contribution in [2.24, 2.45) is 17.8 Å². The third-order valence-electron chi connectivity index (χ3n) is 13.8. The summed E-state index contributed by atoms with van der Waals surface area (Å²) in [6.45, 7) is 8.22. The fourth-order valence-electron chi connectivity index (χ4n) is 10.3. The molecule has 6 unspecified atom stereocenters. The monoisotopic (exact) mass is 890 g/mol. The van der Waals surface area contributed by atoms with Crippen LogP contribution in [0.2, 0.25) is 0 Å². The molecule has 65 heavy (non-hydrogen) atoms. The minimum Gasteiger partial charge on any atom is -0.488 e. The number of benzene rings is 3. The fraction of sp³-hybridized carbons (Fsp3) is 0.500. The summed E-state index contributed by atoms with van der Waals surface area (Å²) >= 11 is 0. The number of amides is 4. The van der Waals surface area contributed by atoms with E-state index in [2.05, 4.69) is 57.0 Å². The maximum Gasteiger partial charge on any atom is 0.407 e. The summed E-state index contributed by atoms with van der Waals surface area (Å²) in [5, 5.41) is 7.50. The van der Waals surface area contributed by atoms with Gasteiger partial charge in [0.25, 0.3) is 0 Å². The molecule has 0 spiro atoms. The van der Waals surface area contributed by atoms with Crippen molar-refractivity contribution in [3.63, 3.8) is 0 Å². The van der Waals surface area contributed by atoms with Gasteiger partial charge in [0, 0.05) is 49.8 Å². The van der Waals surface area contributed by atoms with E-state index in [-0.39, 0.29) is 47.7 Å². The van der Waals surface area contributed by atoms with Crippen LogP contribution in [0.3, 0.4) is 0 Å². The number of hydrogen-bond acceptors (Lipinski definition) is 11. The highest BCUT2D eigenvalue weighted by atomic mass is 16.5. The number of aromatic nitrogens is 4. The molecule has 3 saturated heterocycles. The number of ether oxygens (including phenoxy) is 5. The molecule has 4 amide bonds. The molecule has 2 aromatic heterocycles. The summed E-state index contributed by atoms with van der Waals surface area (Å²) < 4.78 is 27.4. The largest absolute Gasteiger partial charge is 0.488 e. The predicted molar refractivity (Wildman–Crippen MR) is 241 cm³/mol. The van der Waals surface area contributed by atoms with Gasteiger partial charge in [-0.2, -0.15) is 0 Å². The van der Waals surface area contributed by atoms with E-state index in [1.54, 1.807) is 7.11 Å². The zero-order valence-electron chi connectivity index (χ0n) is 37.8. The van der Waals surface area contributed by atoms with E-state index in [1.807, 2.05) is 42.8 Å². The molecule has 6 atom stereocenters. The van der Waals surface area contributed by atoms with Gasteiger partial charge in [-0.05, 0) is 97.2 Å². The number of fused-ring (bicyclic) bond motifs is 6. The maximum absolute atomic E-state index is 14.5. The summed E-state index contributed by atoms with van der Waals surface area (Å²) in [5.74, 6) is 1.68. The molecular weight excluding hydrogens is 833 g/mol. The molecule has 4 N–H and O–H groups in total. The average Bonchev–Trinajstić information content (AvgIpc) is 4.15. The van der Waals surface area contributed by atoms with Crippen LogP contribution in [0.15, 0.2) is 48.7 Å². The van der Waals surface area contributed by atoms with Crippen LogP contribution in [-0.2, 0) is 35.1 Å². The van der Waals surface area contributed by atoms with E-state index in [1.165, 1.54) is 14.2 Å². The van der Waals surface area contributed by atoms with Crippen molar-refractivity contribution in [1.82, 2.24) is 40.4 Å². The highest BCUT2D eigenvalue weighted by molar-refractivity contribution is 6.07. The number of alkyl carbamates (subject to hydrolysis) is 2. The van der Waals surface area contributed by atoms with Crippen LogP contribution >= 0.6 is 0 Å². The lowest BCUT2D eigenvalue weighted by molar-refractivity contribution is -0.138. The molecule has 17 heteroatoms. The van der Waals surface area contributed by atoms with Gasteiger partial charge in [0.2, 0.25) is 11.8 Å². The number of aromatic amines is 2. The lowest BCUT2D eigenvalue weighted by atomic mass is 9.90. The normalized spacial score (nSPS) is 21.8. The van der Waals surface area contributed by atoms with Gasteiger partial charge in [-0.3, -0.25) is 9.59 Å². The molecule has 17 nitrogen and oxygen atoms in total. The molecule has 0 aliphatic carbocycles. The Bertz CT molecular complexity index is 2600. The molecule has 6 heterocycles. The summed E-state index contributed by atoms with van der Waals surface area (Å²) in [6.07, 6.45) is 4.07. The number of imidazole rings is 2. The Hall–Kier alpha value is -6.20. The molecule has 0 saturated carbocycles. The molecule has 9 rings (SSSR count). The summed E-state index contributed by atoms with van der Waals surface area (Å²) in [4.78, 5) is 73.7. The van der Waals surface area contributed by atoms with Crippen molar-refractivity contribution in [3.05, 3.63) is 65.9 Å². The van der Waals surface area contributed by atoms with E-state index in [0.29, 0.717) is 63.9 Å². The quantitative estimate of drug-likeness (QED) is 0.109. The van der Waals surface area contributed by atoms with Crippen LogP contribution < -0.4 is 15.4 Å². The summed E-state index contributed by atoms with van der Waals surface area (Å²) in [7, 11) is 4.26. The number of likely N-dealkylation sites (tertiary alicyclic amines) is 2. The van der Waals surface area contributed by atoms with Gasteiger partial charge in [-0.15, -0.1) is 0 Å². The smallest absolute Gasteiger partial charge is 0.407 e. The lowest BCUT2D eigenvalue weighted by Gasteiger charge is -2.34. The van der Waals surface area contributed by atoms with Crippen molar-refractivity contribution in [2.75, 3.05) is 47.7 Å². The van der Waals surface area contributed by atoms with Crippen LogP contribution in [0.25, 0.3) is 44.2 Å². The Morgan fingerprint density at radius 2 is 1.66 bits per heavy atom. The Morgan fingerprint density at radius 3 is 2.42 bits per heavy atom. The summed E-state index contributed by atoms with van der Waals surface area (Å²) in [5.41, 5.74) is 6.50. The molecular formula is C48H58N8O9.